The molecule has 0 N–H and O–H groups in total. The Labute approximate surface area is 105 Å². The van der Waals surface area contributed by atoms with Gasteiger partial charge in [0.15, 0.2) is 0 Å². The third-order valence-corrected chi connectivity index (χ3v) is 3.09. The summed E-state index contributed by atoms with van der Waals surface area (Å²) in [5.74, 6) is 0.318. The molecule has 0 aromatic carbocycles. The molecule has 92 valence electrons. The number of halogens is 1. The van der Waals surface area contributed by atoms with Crippen LogP contribution in [0.1, 0.15) is 17.3 Å². The standard InChI is InChI=1S/C11H14ClN3O2/c1-8-6-17-10(2-12)5-15(8)11(16)9-3-13-7-14-4-9/h3-4,7-8,10H,2,5-6H2,1H3. The maximum Gasteiger partial charge on any atom is 0.257 e. The van der Waals surface area contributed by atoms with Crippen molar-refractivity contribution in [2.45, 2.75) is 19.1 Å². The highest BCUT2D eigenvalue weighted by molar-refractivity contribution is 6.18. The van der Waals surface area contributed by atoms with Gasteiger partial charge in [-0.1, -0.05) is 0 Å². The van der Waals surface area contributed by atoms with Crippen LogP contribution in [0.4, 0.5) is 0 Å². The number of ether oxygens (including phenoxy) is 1. The first kappa shape index (κ1) is 12.3. The molecule has 1 aromatic heterocycles. The minimum Gasteiger partial charge on any atom is -0.373 e. The zero-order chi connectivity index (χ0) is 12.3. The molecule has 0 saturated carbocycles. The van der Waals surface area contributed by atoms with Crippen LogP contribution >= 0.6 is 11.6 Å². The zero-order valence-electron chi connectivity index (χ0n) is 9.54. The second-order valence-corrected chi connectivity index (χ2v) is 4.35. The number of nitrogens with zero attached hydrogens (tertiary/aromatic N) is 3. The normalized spacial score (nSPS) is 24.7. The Morgan fingerprint density at radius 3 is 2.94 bits per heavy atom. The fourth-order valence-electron chi connectivity index (χ4n) is 1.77. The minimum atomic E-state index is -0.0959. The Balaban J connectivity index is 2.12. The predicted molar refractivity (Wildman–Crippen MR) is 63.0 cm³/mol. The van der Waals surface area contributed by atoms with Crippen LogP contribution < -0.4 is 0 Å². The lowest BCUT2D eigenvalue weighted by Gasteiger charge is -2.37. The minimum absolute atomic E-state index is 0.0437. The Hall–Kier alpha value is -1.20. The summed E-state index contributed by atoms with van der Waals surface area (Å²) < 4.78 is 5.50. The summed E-state index contributed by atoms with van der Waals surface area (Å²) in [5, 5.41) is 0. The fourth-order valence-corrected chi connectivity index (χ4v) is 1.96. The van der Waals surface area contributed by atoms with Gasteiger partial charge in [-0.25, -0.2) is 9.97 Å². The number of morpholine rings is 1. The van der Waals surface area contributed by atoms with Gasteiger partial charge in [0, 0.05) is 18.9 Å². The molecule has 1 aromatic rings. The van der Waals surface area contributed by atoms with Crippen molar-refractivity contribution in [2.75, 3.05) is 19.0 Å². The lowest BCUT2D eigenvalue weighted by molar-refractivity contribution is -0.0372. The lowest BCUT2D eigenvalue weighted by Crippen LogP contribution is -2.51. The zero-order valence-corrected chi connectivity index (χ0v) is 10.3. The van der Waals surface area contributed by atoms with Gasteiger partial charge in [-0.3, -0.25) is 4.79 Å². The predicted octanol–water partition coefficient (Wildman–Crippen LogP) is 0.945. The molecule has 1 saturated heterocycles. The molecule has 0 aliphatic carbocycles. The van der Waals surface area contributed by atoms with Crippen LogP contribution in [0.15, 0.2) is 18.7 Å². The summed E-state index contributed by atoms with van der Waals surface area (Å²) in [4.78, 5) is 21.7. The summed E-state index contributed by atoms with van der Waals surface area (Å²) in [6.45, 7) is 2.97. The van der Waals surface area contributed by atoms with Gasteiger partial charge < -0.3 is 9.64 Å². The fraction of sp³-hybridized carbons (Fsp3) is 0.545. The number of carbonyl (C=O) groups is 1. The van der Waals surface area contributed by atoms with Crippen molar-refractivity contribution >= 4 is 17.5 Å². The van der Waals surface area contributed by atoms with Crippen LogP contribution in [-0.4, -0.2) is 52.0 Å². The summed E-state index contributed by atoms with van der Waals surface area (Å²) in [5.41, 5.74) is 0.495. The maximum absolute atomic E-state index is 12.2. The summed E-state index contributed by atoms with van der Waals surface area (Å²) in [6, 6.07) is 0.0437. The average molecular weight is 256 g/mol. The number of rotatable bonds is 2. The number of aromatic nitrogens is 2. The first-order chi connectivity index (χ1) is 8.22. The van der Waals surface area contributed by atoms with E-state index in [1.807, 2.05) is 6.92 Å². The molecule has 2 rings (SSSR count). The van der Waals surface area contributed by atoms with Crippen LogP contribution in [0.3, 0.4) is 0 Å². The third-order valence-electron chi connectivity index (χ3n) is 2.75. The van der Waals surface area contributed by atoms with Gasteiger partial charge >= 0.3 is 0 Å². The van der Waals surface area contributed by atoms with Crippen molar-refractivity contribution in [3.63, 3.8) is 0 Å². The number of carbonyl (C=O) groups excluding carboxylic acids is 1. The van der Waals surface area contributed by atoms with E-state index in [4.69, 9.17) is 16.3 Å². The molecule has 5 nitrogen and oxygen atoms in total. The molecule has 17 heavy (non-hydrogen) atoms. The first-order valence-electron chi connectivity index (χ1n) is 5.46. The highest BCUT2D eigenvalue weighted by Gasteiger charge is 2.29. The maximum atomic E-state index is 12.2. The van der Waals surface area contributed by atoms with Crippen LogP contribution in [-0.2, 0) is 4.74 Å². The molecule has 2 heterocycles. The van der Waals surface area contributed by atoms with E-state index in [2.05, 4.69) is 9.97 Å². The summed E-state index contributed by atoms with van der Waals surface area (Å²) >= 11 is 5.76. The van der Waals surface area contributed by atoms with Crippen LogP contribution in [0, 0.1) is 0 Å². The quantitative estimate of drug-likeness (QED) is 0.739. The summed E-state index contributed by atoms with van der Waals surface area (Å²) in [6.07, 6.45) is 4.35. The van der Waals surface area contributed by atoms with E-state index in [1.54, 1.807) is 4.90 Å². The van der Waals surface area contributed by atoms with Crippen molar-refractivity contribution in [3.05, 3.63) is 24.3 Å². The van der Waals surface area contributed by atoms with Gasteiger partial charge in [-0.05, 0) is 6.92 Å². The number of alkyl halides is 1. The SMILES string of the molecule is CC1COC(CCl)CN1C(=O)c1cncnc1. The molecule has 0 spiro atoms. The molecule has 1 aliphatic rings. The van der Waals surface area contributed by atoms with Crippen molar-refractivity contribution in [1.82, 2.24) is 14.9 Å². The van der Waals surface area contributed by atoms with Crippen molar-refractivity contribution in [1.29, 1.82) is 0 Å². The topological polar surface area (TPSA) is 55.3 Å². The number of amides is 1. The van der Waals surface area contributed by atoms with Gasteiger partial charge in [0.1, 0.15) is 6.33 Å². The second kappa shape index (κ2) is 5.42. The molecule has 1 aliphatic heterocycles. The molecule has 0 radical (unpaired) electrons. The highest BCUT2D eigenvalue weighted by atomic mass is 35.5. The number of hydrogen-bond acceptors (Lipinski definition) is 4. The highest BCUT2D eigenvalue weighted by Crippen LogP contribution is 2.15. The van der Waals surface area contributed by atoms with E-state index < -0.39 is 0 Å². The van der Waals surface area contributed by atoms with Crippen LogP contribution in [0.5, 0.6) is 0 Å². The lowest BCUT2D eigenvalue weighted by atomic mass is 10.1. The Bertz CT molecular complexity index is 388. The summed E-state index contributed by atoms with van der Waals surface area (Å²) in [7, 11) is 0. The molecular weight excluding hydrogens is 242 g/mol. The van der Waals surface area contributed by atoms with E-state index >= 15 is 0 Å². The molecule has 6 heteroatoms. The Kier molecular flexibility index (Phi) is 3.91. The van der Waals surface area contributed by atoms with Crippen LogP contribution in [0.2, 0.25) is 0 Å². The van der Waals surface area contributed by atoms with E-state index in [1.165, 1.54) is 18.7 Å². The van der Waals surface area contributed by atoms with Crippen molar-refractivity contribution < 1.29 is 9.53 Å². The molecule has 1 amide bonds. The molecule has 2 unspecified atom stereocenters. The largest absolute Gasteiger partial charge is 0.373 e. The smallest absolute Gasteiger partial charge is 0.257 e. The Morgan fingerprint density at radius 1 is 1.59 bits per heavy atom. The first-order valence-corrected chi connectivity index (χ1v) is 5.99. The van der Waals surface area contributed by atoms with Gasteiger partial charge in [0.2, 0.25) is 0 Å². The van der Waals surface area contributed by atoms with Gasteiger partial charge in [0.05, 0.1) is 30.2 Å². The molecular formula is C11H14ClN3O2. The second-order valence-electron chi connectivity index (χ2n) is 4.04. The third kappa shape index (κ3) is 2.73. The van der Waals surface area contributed by atoms with Gasteiger partial charge in [0.25, 0.3) is 5.91 Å². The molecule has 2 atom stereocenters. The van der Waals surface area contributed by atoms with E-state index in [0.29, 0.717) is 24.6 Å². The van der Waals surface area contributed by atoms with Crippen molar-refractivity contribution in [2.24, 2.45) is 0 Å². The monoisotopic (exact) mass is 255 g/mol. The molecule has 1 fully saturated rings. The van der Waals surface area contributed by atoms with Crippen LogP contribution in [0.25, 0.3) is 0 Å². The number of hydrogen-bond donors (Lipinski definition) is 0. The van der Waals surface area contributed by atoms with Gasteiger partial charge in [-0.2, -0.15) is 0 Å². The van der Waals surface area contributed by atoms with E-state index in [0.717, 1.165) is 0 Å². The average Bonchev–Trinajstić information content (AvgIpc) is 2.39. The van der Waals surface area contributed by atoms with E-state index in [-0.39, 0.29) is 18.1 Å². The Morgan fingerprint density at radius 2 is 2.29 bits per heavy atom. The van der Waals surface area contributed by atoms with Gasteiger partial charge in [-0.15, -0.1) is 11.6 Å². The molecule has 0 bridgehead atoms. The van der Waals surface area contributed by atoms with E-state index in [9.17, 15) is 4.79 Å². The van der Waals surface area contributed by atoms with Crippen molar-refractivity contribution in [3.8, 4) is 0 Å².